The average Bonchev–Trinajstić information content (AvgIpc) is 3.05. The molecule has 7 nitrogen and oxygen atoms in total. The minimum absolute atomic E-state index is 0.00263. The summed E-state index contributed by atoms with van der Waals surface area (Å²) < 4.78 is 12.8. The van der Waals surface area contributed by atoms with E-state index in [1.807, 2.05) is 65.9 Å². The minimum Gasteiger partial charge on any atom is -0.444 e. The molecule has 1 fully saturated rings. The third-order valence-electron chi connectivity index (χ3n) is 6.03. The van der Waals surface area contributed by atoms with Crippen molar-refractivity contribution in [2.24, 2.45) is 5.92 Å². The Morgan fingerprint density at radius 3 is 2.31 bits per heavy atom. The first-order valence-electron chi connectivity index (χ1n) is 11.2. The molecule has 4 rings (SSSR count). The summed E-state index contributed by atoms with van der Waals surface area (Å²) in [5, 5.41) is 1.02. The van der Waals surface area contributed by atoms with Crippen LogP contribution in [0.5, 0.6) is 0 Å². The topological polar surface area (TPSA) is 77.8 Å². The van der Waals surface area contributed by atoms with Gasteiger partial charge in [0.1, 0.15) is 17.5 Å². The highest BCUT2D eigenvalue weighted by molar-refractivity contribution is 5.95. The molecule has 7 heteroatoms. The molecule has 0 unspecified atom stereocenters. The van der Waals surface area contributed by atoms with E-state index in [1.165, 1.54) is 0 Å². The van der Waals surface area contributed by atoms with E-state index in [4.69, 9.17) is 9.47 Å². The van der Waals surface area contributed by atoms with E-state index in [0.717, 1.165) is 28.3 Å². The van der Waals surface area contributed by atoms with Crippen molar-refractivity contribution >= 4 is 29.4 Å². The Bertz CT molecular complexity index is 1070. The zero-order valence-corrected chi connectivity index (χ0v) is 19.7. The molecule has 0 N–H and O–H groups in total. The van der Waals surface area contributed by atoms with Gasteiger partial charge in [-0.15, -0.1) is 0 Å². The van der Waals surface area contributed by atoms with Gasteiger partial charge in [0.25, 0.3) is 0 Å². The monoisotopic (exact) mass is 440 g/mol. The number of ether oxygens (including phenoxy) is 2. The van der Waals surface area contributed by atoms with Crippen LogP contribution < -0.4 is 0 Å². The van der Waals surface area contributed by atoms with Gasteiger partial charge in [0.2, 0.25) is 0 Å². The van der Waals surface area contributed by atoms with E-state index < -0.39 is 23.4 Å². The number of carbonyl (C=O) groups is 3. The maximum absolute atomic E-state index is 13.1. The lowest BCUT2D eigenvalue weighted by atomic mass is 9.72. The summed E-state index contributed by atoms with van der Waals surface area (Å²) >= 11 is 0. The number of hydrogen-bond acceptors (Lipinski definition) is 5. The second-order valence-electron chi connectivity index (χ2n) is 10.9. The van der Waals surface area contributed by atoms with Crippen LogP contribution in [-0.2, 0) is 20.7 Å². The van der Waals surface area contributed by atoms with Crippen LogP contribution in [0.25, 0.3) is 10.9 Å². The molecule has 1 aliphatic carbocycles. The highest BCUT2D eigenvalue weighted by atomic mass is 16.6. The summed E-state index contributed by atoms with van der Waals surface area (Å²) in [6.07, 6.45) is 3.21. The largest absolute Gasteiger partial charge is 0.444 e. The van der Waals surface area contributed by atoms with E-state index in [-0.39, 0.29) is 17.9 Å². The second-order valence-corrected chi connectivity index (χ2v) is 10.9. The molecule has 1 saturated heterocycles. The number of aldehydes is 1. The highest BCUT2D eigenvalue weighted by Gasteiger charge is 2.44. The molecule has 1 aliphatic heterocycles. The lowest BCUT2D eigenvalue weighted by Crippen LogP contribution is -2.54. The molecular formula is C25H32N2O5. The standard InChI is InChI=1S/C25H32N2O5/c1-24(2,3)31-22(29)26-12-15(14-28)10-18-17-8-7-9-19-21(17)16(11-20(18)26)13-27(19)23(30)32-25(4,5)6/h7-9,13-15,18,20H,10-12H2,1-6H3/t15-,18+,20+/m0/s1. The SMILES string of the molecule is CC(C)(C)OC(=O)N1C[C@@H](C=O)C[C@@H]2c3cccc4c3c(cn4C(=O)OC(C)(C)C)C[C@H]21. The Morgan fingerprint density at radius 2 is 1.69 bits per heavy atom. The maximum Gasteiger partial charge on any atom is 0.419 e. The molecule has 2 aromatic rings. The fourth-order valence-corrected chi connectivity index (χ4v) is 4.93. The number of hydrogen-bond donors (Lipinski definition) is 0. The van der Waals surface area contributed by atoms with Gasteiger partial charge in [0, 0.05) is 36.0 Å². The normalized spacial score (nSPS) is 22.9. The van der Waals surface area contributed by atoms with E-state index in [9.17, 15) is 14.4 Å². The van der Waals surface area contributed by atoms with Crippen LogP contribution in [0.2, 0.25) is 0 Å². The van der Waals surface area contributed by atoms with Crippen molar-refractivity contribution < 1.29 is 23.9 Å². The Morgan fingerprint density at radius 1 is 1.03 bits per heavy atom. The number of benzene rings is 1. The molecule has 1 amide bonds. The molecule has 0 spiro atoms. The number of rotatable bonds is 1. The molecule has 3 atom stereocenters. The molecule has 0 saturated carbocycles. The van der Waals surface area contributed by atoms with E-state index in [1.54, 1.807) is 9.47 Å². The van der Waals surface area contributed by atoms with Gasteiger partial charge in [-0.25, -0.2) is 9.59 Å². The van der Waals surface area contributed by atoms with Crippen molar-refractivity contribution in [2.75, 3.05) is 6.54 Å². The first kappa shape index (κ1) is 22.4. The fraction of sp³-hybridized carbons (Fsp3) is 0.560. The Kier molecular flexibility index (Phi) is 5.34. The van der Waals surface area contributed by atoms with Crippen molar-refractivity contribution in [3.05, 3.63) is 35.5 Å². The van der Waals surface area contributed by atoms with Gasteiger partial charge >= 0.3 is 12.2 Å². The van der Waals surface area contributed by atoms with Crippen LogP contribution in [0.1, 0.15) is 65.0 Å². The van der Waals surface area contributed by atoms with Crippen LogP contribution in [0.4, 0.5) is 9.59 Å². The predicted octanol–water partition coefficient (Wildman–Crippen LogP) is 4.89. The minimum atomic E-state index is -0.624. The lowest BCUT2D eigenvalue weighted by Gasteiger charge is -2.45. The van der Waals surface area contributed by atoms with Crippen LogP contribution in [0, 0.1) is 5.92 Å². The van der Waals surface area contributed by atoms with Crippen molar-refractivity contribution in [1.29, 1.82) is 0 Å². The number of nitrogens with zero attached hydrogens (tertiary/aromatic N) is 2. The number of fused-ring (bicyclic) bond motifs is 2. The number of aromatic nitrogens is 1. The van der Waals surface area contributed by atoms with Crippen LogP contribution in [0.3, 0.4) is 0 Å². The van der Waals surface area contributed by atoms with Gasteiger partial charge in [-0.3, -0.25) is 4.57 Å². The van der Waals surface area contributed by atoms with Gasteiger partial charge in [0.05, 0.1) is 5.52 Å². The zero-order chi connectivity index (χ0) is 23.4. The lowest BCUT2D eigenvalue weighted by molar-refractivity contribution is -0.113. The predicted molar refractivity (Wildman–Crippen MR) is 121 cm³/mol. The number of amides is 1. The van der Waals surface area contributed by atoms with Gasteiger partial charge in [0.15, 0.2) is 0 Å². The molecule has 2 aliphatic rings. The molecule has 172 valence electrons. The number of likely N-dealkylation sites (tertiary alicyclic amines) is 1. The maximum atomic E-state index is 13.1. The summed E-state index contributed by atoms with van der Waals surface area (Å²) in [7, 11) is 0. The number of piperidine rings is 1. The Balaban J connectivity index is 1.77. The van der Waals surface area contributed by atoms with Crippen LogP contribution in [-0.4, -0.2) is 51.7 Å². The molecule has 2 heterocycles. The summed E-state index contributed by atoms with van der Waals surface area (Å²) in [4.78, 5) is 39.4. The summed E-state index contributed by atoms with van der Waals surface area (Å²) in [6, 6.07) is 5.75. The van der Waals surface area contributed by atoms with E-state index in [2.05, 4.69) is 0 Å². The number of carbonyl (C=O) groups excluding carboxylic acids is 3. The van der Waals surface area contributed by atoms with E-state index in [0.29, 0.717) is 19.4 Å². The molecule has 1 aromatic carbocycles. The summed E-state index contributed by atoms with van der Waals surface area (Å²) in [6.45, 7) is 11.4. The first-order valence-corrected chi connectivity index (χ1v) is 11.2. The van der Waals surface area contributed by atoms with Crippen molar-refractivity contribution in [3.8, 4) is 0 Å². The van der Waals surface area contributed by atoms with Gasteiger partial charge in [-0.1, -0.05) is 12.1 Å². The fourth-order valence-electron chi connectivity index (χ4n) is 4.93. The molecule has 0 bridgehead atoms. The van der Waals surface area contributed by atoms with Crippen LogP contribution in [0.15, 0.2) is 24.4 Å². The van der Waals surface area contributed by atoms with E-state index >= 15 is 0 Å². The van der Waals surface area contributed by atoms with Gasteiger partial charge in [-0.2, -0.15) is 0 Å². The molecule has 32 heavy (non-hydrogen) atoms. The third kappa shape index (κ3) is 4.12. The average molecular weight is 441 g/mol. The van der Waals surface area contributed by atoms with Crippen molar-refractivity contribution in [3.63, 3.8) is 0 Å². The van der Waals surface area contributed by atoms with Crippen molar-refractivity contribution in [2.45, 2.75) is 77.5 Å². The Labute approximate surface area is 188 Å². The Hall–Kier alpha value is -2.83. The summed E-state index contributed by atoms with van der Waals surface area (Å²) in [5.74, 6) is -0.259. The second kappa shape index (κ2) is 7.64. The first-order chi connectivity index (χ1) is 14.9. The molecular weight excluding hydrogens is 408 g/mol. The molecule has 0 radical (unpaired) electrons. The summed E-state index contributed by atoms with van der Waals surface area (Å²) in [5.41, 5.74) is 1.63. The molecule has 1 aromatic heterocycles. The van der Waals surface area contributed by atoms with Gasteiger partial charge < -0.3 is 19.2 Å². The van der Waals surface area contributed by atoms with Crippen molar-refractivity contribution in [1.82, 2.24) is 9.47 Å². The quantitative estimate of drug-likeness (QED) is 0.590. The highest BCUT2D eigenvalue weighted by Crippen LogP contribution is 2.45. The van der Waals surface area contributed by atoms with Crippen LogP contribution >= 0.6 is 0 Å². The smallest absolute Gasteiger partial charge is 0.419 e. The zero-order valence-electron chi connectivity index (χ0n) is 19.7. The third-order valence-corrected chi connectivity index (χ3v) is 6.03. The van der Waals surface area contributed by atoms with Gasteiger partial charge in [-0.05, 0) is 71.6 Å².